The van der Waals surface area contributed by atoms with E-state index in [0.29, 0.717) is 17.9 Å². The lowest BCUT2D eigenvalue weighted by Gasteiger charge is -2.61. The summed E-state index contributed by atoms with van der Waals surface area (Å²) in [5, 5.41) is 2.38. The number of amides is 3. The van der Waals surface area contributed by atoms with Crippen LogP contribution in [0.3, 0.4) is 0 Å². The van der Waals surface area contributed by atoms with Gasteiger partial charge in [0, 0.05) is 62.9 Å². The molecule has 3 amide bonds. The van der Waals surface area contributed by atoms with E-state index in [1.165, 1.54) is 84.1 Å². The Hall–Kier alpha value is -2.89. The van der Waals surface area contributed by atoms with Crippen LogP contribution in [0.1, 0.15) is 76.2 Å². The Morgan fingerprint density at radius 2 is 1.68 bits per heavy atom. The smallest absolute Gasteiger partial charge is 0.301 e. The van der Waals surface area contributed by atoms with Crippen LogP contribution in [-0.2, 0) is 4.79 Å². The fourth-order valence-corrected chi connectivity index (χ4v) is 8.81. The van der Waals surface area contributed by atoms with Crippen LogP contribution in [0.25, 0.3) is 5.65 Å². The molecule has 8 rings (SSSR count). The van der Waals surface area contributed by atoms with Crippen molar-refractivity contribution in [3.63, 3.8) is 0 Å². The molecule has 2 aromatic heterocycles. The second-order valence-electron chi connectivity index (χ2n) is 13.1. The zero-order valence-corrected chi connectivity index (χ0v) is 23.6. The lowest BCUT2D eigenvalue weighted by Crippen LogP contribution is -2.63. The molecule has 2 saturated heterocycles. The molecular weight excluding hydrogens is 500 g/mol. The Labute approximate surface area is 237 Å². The summed E-state index contributed by atoms with van der Waals surface area (Å²) in [5.74, 6) is 10.1. The van der Waals surface area contributed by atoms with E-state index in [0.717, 1.165) is 41.8 Å². The highest BCUT2D eigenvalue weighted by Gasteiger charge is 2.53. The number of rotatable bonds is 7. The van der Waals surface area contributed by atoms with Crippen LogP contribution in [0.4, 0.5) is 10.6 Å². The van der Waals surface area contributed by atoms with E-state index in [2.05, 4.69) is 31.9 Å². The van der Waals surface area contributed by atoms with Gasteiger partial charge in [0.25, 0.3) is 0 Å². The first-order valence-electron chi connectivity index (χ1n) is 15.6. The van der Waals surface area contributed by atoms with Gasteiger partial charge < -0.3 is 4.90 Å². The molecule has 4 saturated carbocycles. The highest BCUT2D eigenvalue weighted by atomic mass is 16.2. The van der Waals surface area contributed by atoms with Gasteiger partial charge in [0.05, 0.1) is 6.20 Å². The zero-order valence-electron chi connectivity index (χ0n) is 23.6. The number of aromatic nitrogens is 2. The first-order valence-corrected chi connectivity index (χ1v) is 15.6. The summed E-state index contributed by atoms with van der Waals surface area (Å²) < 4.78 is 1.88. The second-order valence-corrected chi connectivity index (χ2v) is 13.1. The summed E-state index contributed by atoms with van der Waals surface area (Å²) >= 11 is 0. The minimum atomic E-state index is -0.404. The molecule has 8 nitrogen and oxygen atoms in total. The highest BCUT2D eigenvalue weighted by molar-refractivity contribution is 6.05. The van der Waals surface area contributed by atoms with Crippen LogP contribution in [0.5, 0.6) is 0 Å². The molecule has 0 radical (unpaired) electrons. The number of anilines is 1. The highest BCUT2D eigenvalue weighted by Crippen LogP contribution is 2.57. The third-order valence-corrected chi connectivity index (χ3v) is 10.4. The largest absolute Gasteiger partial charge is 0.329 e. The molecule has 0 aromatic carbocycles. The molecule has 0 atom stereocenters. The van der Waals surface area contributed by atoms with Crippen molar-refractivity contribution < 1.29 is 9.59 Å². The van der Waals surface area contributed by atoms with Crippen molar-refractivity contribution >= 4 is 23.4 Å². The maximum absolute atomic E-state index is 12.3. The molecule has 0 spiro atoms. The van der Waals surface area contributed by atoms with Gasteiger partial charge in [0.15, 0.2) is 0 Å². The Morgan fingerprint density at radius 1 is 0.925 bits per heavy atom. The van der Waals surface area contributed by atoms with E-state index in [4.69, 9.17) is 0 Å². The third kappa shape index (κ3) is 5.14. The molecule has 6 fully saturated rings. The molecule has 0 unspecified atom stereocenters. The van der Waals surface area contributed by atoms with E-state index in [-0.39, 0.29) is 12.3 Å². The Balaban J connectivity index is 0.844. The fourth-order valence-electron chi connectivity index (χ4n) is 8.81. The summed E-state index contributed by atoms with van der Waals surface area (Å²) in [6.45, 7) is 6.62. The maximum atomic E-state index is 12.3. The quantitative estimate of drug-likeness (QED) is 0.418. The number of nitrogens with zero attached hydrogens (tertiary/aromatic N) is 5. The van der Waals surface area contributed by atoms with Crippen LogP contribution in [0.2, 0.25) is 0 Å². The van der Waals surface area contributed by atoms with E-state index < -0.39 is 6.03 Å². The summed E-state index contributed by atoms with van der Waals surface area (Å²) in [6.07, 6.45) is 17.5. The SMILES string of the molecule is O=C1CCN(c2cnc3ccc(C#CCCCCCN4CCN(C56CC7CC(CC(C7)C5)C6)CC4)cn23)C(=O)N1. The summed E-state index contributed by atoms with van der Waals surface area (Å²) in [4.78, 5) is 35.4. The lowest BCUT2D eigenvalue weighted by atomic mass is 9.52. The lowest BCUT2D eigenvalue weighted by molar-refractivity contribution is -0.120. The van der Waals surface area contributed by atoms with Crippen molar-refractivity contribution in [2.24, 2.45) is 17.8 Å². The number of pyridine rings is 1. The molecule has 4 aliphatic carbocycles. The number of unbranched alkanes of at least 4 members (excludes halogenated alkanes) is 3. The maximum Gasteiger partial charge on any atom is 0.329 e. The third-order valence-electron chi connectivity index (χ3n) is 10.4. The Morgan fingerprint density at radius 3 is 2.40 bits per heavy atom. The van der Waals surface area contributed by atoms with Gasteiger partial charge in [0.2, 0.25) is 5.91 Å². The molecule has 8 heteroatoms. The minimum Gasteiger partial charge on any atom is -0.301 e. The average molecular weight is 543 g/mol. The monoisotopic (exact) mass is 542 g/mol. The van der Waals surface area contributed by atoms with Crippen LogP contribution in [0, 0.1) is 29.6 Å². The van der Waals surface area contributed by atoms with Gasteiger partial charge in [0.1, 0.15) is 11.5 Å². The molecule has 6 aliphatic rings. The molecule has 4 heterocycles. The average Bonchev–Trinajstić information content (AvgIpc) is 3.35. The first kappa shape index (κ1) is 26.0. The number of fused-ring (bicyclic) bond motifs is 1. The van der Waals surface area contributed by atoms with Crippen molar-refractivity contribution in [3.05, 3.63) is 30.1 Å². The van der Waals surface area contributed by atoms with Gasteiger partial charge in [-0.05, 0) is 87.8 Å². The topological polar surface area (TPSA) is 73.2 Å². The van der Waals surface area contributed by atoms with Gasteiger partial charge in [-0.2, -0.15) is 0 Å². The summed E-state index contributed by atoms with van der Waals surface area (Å²) in [6, 6.07) is 3.49. The minimum absolute atomic E-state index is 0.239. The van der Waals surface area contributed by atoms with Gasteiger partial charge in [-0.15, -0.1) is 0 Å². The number of piperazine rings is 1. The van der Waals surface area contributed by atoms with E-state index in [9.17, 15) is 9.59 Å². The molecule has 2 aromatic rings. The number of carbonyl (C=O) groups excluding carboxylic acids is 2. The number of imidazole rings is 1. The normalized spacial score (nSPS) is 30.5. The van der Waals surface area contributed by atoms with Gasteiger partial charge >= 0.3 is 6.03 Å². The molecule has 40 heavy (non-hydrogen) atoms. The molecule has 4 bridgehead atoms. The van der Waals surface area contributed by atoms with Gasteiger partial charge in [-0.25, -0.2) is 9.78 Å². The van der Waals surface area contributed by atoms with Crippen molar-refractivity contribution in [2.45, 2.75) is 76.2 Å². The van der Waals surface area contributed by atoms with Crippen molar-refractivity contribution in [2.75, 3.05) is 44.2 Å². The molecule has 212 valence electrons. The number of nitrogens with one attached hydrogen (secondary N) is 1. The summed E-state index contributed by atoms with van der Waals surface area (Å²) in [7, 11) is 0. The van der Waals surface area contributed by atoms with Gasteiger partial charge in [-0.1, -0.05) is 18.3 Å². The van der Waals surface area contributed by atoms with E-state index in [1.54, 1.807) is 11.1 Å². The first-order chi connectivity index (χ1) is 19.5. The van der Waals surface area contributed by atoms with Crippen molar-refractivity contribution in [1.29, 1.82) is 0 Å². The predicted octanol–water partition coefficient (Wildman–Crippen LogP) is 4.28. The second kappa shape index (κ2) is 10.8. The number of hydrogen-bond donors (Lipinski definition) is 1. The molecule has 2 aliphatic heterocycles. The molecular formula is C32H42N6O2. The van der Waals surface area contributed by atoms with Crippen LogP contribution in [0.15, 0.2) is 24.5 Å². The Kier molecular flexibility index (Phi) is 7.05. The van der Waals surface area contributed by atoms with Crippen LogP contribution < -0.4 is 10.2 Å². The van der Waals surface area contributed by atoms with Crippen LogP contribution >= 0.6 is 0 Å². The van der Waals surface area contributed by atoms with Crippen molar-refractivity contribution in [3.8, 4) is 11.8 Å². The summed E-state index contributed by atoms with van der Waals surface area (Å²) in [5.41, 5.74) is 2.23. The van der Waals surface area contributed by atoms with E-state index in [1.807, 2.05) is 22.7 Å². The Bertz CT molecular complexity index is 1290. The number of imide groups is 1. The predicted molar refractivity (Wildman–Crippen MR) is 155 cm³/mol. The van der Waals surface area contributed by atoms with Crippen molar-refractivity contribution in [1.82, 2.24) is 24.5 Å². The van der Waals surface area contributed by atoms with Gasteiger partial charge in [-0.3, -0.25) is 24.3 Å². The number of hydrogen-bond acceptors (Lipinski definition) is 5. The zero-order chi connectivity index (χ0) is 27.1. The van der Waals surface area contributed by atoms with E-state index >= 15 is 0 Å². The standard InChI is InChI=1S/C32H42N6O2/c39-29-9-11-37(31(40)34-29)30-22-33-28-8-7-24(23-38(28)30)6-4-2-1-3-5-10-35-12-14-36(15-13-35)32-19-25-16-26(20-32)18-27(17-25)21-32/h7-8,22-23,25-27H,1-3,5,9-21H2,(H,34,39,40). The molecule has 1 N–H and O–H groups in total. The number of urea groups is 1. The van der Waals surface area contributed by atoms with Crippen LogP contribution in [-0.4, -0.2) is 75.9 Å². The fraction of sp³-hybridized carbons (Fsp3) is 0.656. The number of carbonyl (C=O) groups is 2.